The standard InChI is InChI=1S/C23H20N7O3S.Y/c24-17-6-4-5-16(15-17)20-21(30-13-14-33-23(30)29-20)19-9-10-25-22(28-19)26-11-12-27-34(31,32)18-7-2-1-3-8-18;/h1-5,7-10,13-15,27H,11-12,24H2,(H,25,26,28);/q-1;. The van der Waals surface area contributed by atoms with Crippen LogP contribution in [0.1, 0.15) is 0 Å². The molecule has 0 fully saturated rings. The summed E-state index contributed by atoms with van der Waals surface area (Å²) in [5, 5.41) is 3.05. The van der Waals surface area contributed by atoms with Gasteiger partial charge < -0.3 is 15.5 Å². The Bertz CT molecular complexity index is 1550. The van der Waals surface area contributed by atoms with E-state index in [0.717, 1.165) is 5.56 Å². The minimum absolute atomic E-state index is 0. The molecule has 0 amide bonds. The second-order valence-corrected chi connectivity index (χ2v) is 9.07. The van der Waals surface area contributed by atoms with Gasteiger partial charge in [0, 0.05) is 58.2 Å². The number of benzene rings is 2. The smallest absolute Gasteiger partial charge is 0.306 e. The molecule has 0 bridgehead atoms. The number of oxazole rings is 1. The molecule has 0 aliphatic heterocycles. The van der Waals surface area contributed by atoms with Crippen molar-refractivity contribution in [2.75, 3.05) is 24.1 Å². The Kier molecular flexibility index (Phi) is 7.61. The van der Waals surface area contributed by atoms with E-state index in [1.807, 2.05) is 6.07 Å². The van der Waals surface area contributed by atoms with Crippen LogP contribution in [0.4, 0.5) is 11.6 Å². The molecule has 35 heavy (non-hydrogen) atoms. The first-order valence-electron chi connectivity index (χ1n) is 10.4. The minimum atomic E-state index is -3.58. The van der Waals surface area contributed by atoms with Crippen LogP contribution in [0.25, 0.3) is 28.5 Å². The predicted molar refractivity (Wildman–Crippen MR) is 127 cm³/mol. The van der Waals surface area contributed by atoms with Crippen molar-refractivity contribution in [1.29, 1.82) is 0 Å². The van der Waals surface area contributed by atoms with Crippen LogP contribution >= 0.6 is 0 Å². The van der Waals surface area contributed by atoms with E-state index >= 15 is 0 Å². The fourth-order valence-corrected chi connectivity index (χ4v) is 4.54. The number of hydrogen-bond acceptors (Lipinski definition) is 8. The summed E-state index contributed by atoms with van der Waals surface area (Å²) in [5.74, 6) is 0.765. The summed E-state index contributed by atoms with van der Waals surface area (Å²) in [6.45, 7) is 0.454. The number of nitrogens with one attached hydrogen (secondary N) is 2. The maximum atomic E-state index is 12.3. The Morgan fingerprint density at radius 1 is 1.09 bits per heavy atom. The Hall–Kier alpha value is -3.12. The van der Waals surface area contributed by atoms with Crippen molar-refractivity contribution in [3.05, 3.63) is 79.3 Å². The normalized spacial score (nSPS) is 11.3. The zero-order valence-corrected chi connectivity index (χ0v) is 22.1. The number of sulfonamides is 1. The molecule has 2 aromatic carbocycles. The van der Waals surface area contributed by atoms with Crippen molar-refractivity contribution in [2.24, 2.45) is 0 Å². The predicted octanol–water partition coefficient (Wildman–Crippen LogP) is 2.82. The molecule has 0 aliphatic carbocycles. The number of rotatable bonds is 8. The second kappa shape index (κ2) is 10.7. The van der Waals surface area contributed by atoms with Gasteiger partial charge in [-0.05, 0) is 18.2 Å². The van der Waals surface area contributed by atoms with Crippen LogP contribution in [0.5, 0.6) is 0 Å². The van der Waals surface area contributed by atoms with Crippen LogP contribution in [-0.2, 0) is 42.7 Å². The van der Waals surface area contributed by atoms with E-state index in [4.69, 9.17) is 10.2 Å². The summed E-state index contributed by atoms with van der Waals surface area (Å²) in [6.07, 6.45) is 4.92. The Labute approximate surface area is 226 Å². The summed E-state index contributed by atoms with van der Waals surface area (Å²) in [4.78, 5) is 13.7. The van der Waals surface area contributed by atoms with Crippen molar-refractivity contribution in [3.63, 3.8) is 0 Å². The molecule has 3 aromatic heterocycles. The fourth-order valence-electron chi connectivity index (χ4n) is 3.48. The molecule has 12 heteroatoms. The molecule has 175 valence electrons. The van der Waals surface area contributed by atoms with Crippen LogP contribution in [0.15, 0.2) is 82.6 Å². The SMILES string of the molecule is Nc1[c-]ccc(-c2nc3occn3c2-c2ccnc(NCCNS(=O)(=O)c3ccccc3)n2)c1.[Y]. The van der Waals surface area contributed by atoms with Gasteiger partial charge in [0.15, 0.2) is 0 Å². The van der Waals surface area contributed by atoms with Gasteiger partial charge in [-0.2, -0.15) is 23.2 Å². The van der Waals surface area contributed by atoms with Gasteiger partial charge >= 0.3 is 5.84 Å². The third-order valence-electron chi connectivity index (χ3n) is 5.01. The van der Waals surface area contributed by atoms with Gasteiger partial charge in [-0.15, -0.1) is 11.6 Å². The Balaban J connectivity index is 0.00000289. The van der Waals surface area contributed by atoms with Crippen LogP contribution < -0.4 is 15.8 Å². The molecule has 4 N–H and O–H groups in total. The summed E-state index contributed by atoms with van der Waals surface area (Å²) in [7, 11) is -3.58. The molecule has 0 unspecified atom stereocenters. The first-order chi connectivity index (χ1) is 16.5. The summed E-state index contributed by atoms with van der Waals surface area (Å²) in [6, 6.07) is 18.3. The third-order valence-corrected chi connectivity index (χ3v) is 6.49. The van der Waals surface area contributed by atoms with E-state index < -0.39 is 10.0 Å². The minimum Gasteiger partial charge on any atom is -0.432 e. The Morgan fingerprint density at radius 2 is 1.91 bits per heavy atom. The molecule has 5 aromatic rings. The topological polar surface area (TPSA) is 140 Å². The molecule has 0 aliphatic rings. The number of anilines is 2. The molecule has 0 saturated carbocycles. The van der Waals surface area contributed by atoms with Crippen molar-refractivity contribution in [3.8, 4) is 22.6 Å². The second-order valence-electron chi connectivity index (χ2n) is 7.30. The molecular formula is C23H20N7O3SY-. The zero-order valence-electron chi connectivity index (χ0n) is 18.4. The zero-order chi connectivity index (χ0) is 23.5. The average molecular weight is 563 g/mol. The van der Waals surface area contributed by atoms with Crippen molar-refractivity contribution < 1.29 is 45.5 Å². The summed E-state index contributed by atoms with van der Waals surface area (Å²) >= 11 is 0. The van der Waals surface area contributed by atoms with Gasteiger partial charge in [0.25, 0.3) is 0 Å². The fraction of sp³-hybridized carbons (Fsp3) is 0.0870. The first-order valence-corrected chi connectivity index (χ1v) is 11.8. The van der Waals surface area contributed by atoms with Crippen LogP contribution in [-0.4, -0.2) is 40.9 Å². The average Bonchev–Trinajstić information content (AvgIpc) is 3.44. The van der Waals surface area contributed by atoms with Gasteiger partial charge in [-0.25, -0.2) is 23.1 Å². The maximum Gasteiger partial charge on any atom is 0.306 e. The number of hydrogen-bond donors (Lipinski definition) is 3. The number of imidazole rings is 1. The molecule has 0 spiro atoms. The molecule has 0 atom stereocenters. The van der Waals surface area contributed by atoms with E-state index in [9.17, 15) is 8.42 Å². The molecule has 5 rings (SSSR count). The number of nitrogens with two attached hydrogens (primary N) is 1. The largest absolute Gasteiger partial charge is 0.432 e. The number of fused-ring (bicyclic) bond motifs is 1. The van der Waals surface area contributed by atoms with Crippen molar-refractivity contribution in [1.82, 2.24) is 24.1 Å². The van der Waals surface area contributed by atoms with E-state index in [1.54, 1.807) is 71.6 Å². The summed E-state index contributed by atoms with van der Waals surface area (Å²) in [5.41, 5.74) is 9.19. The monoisotopic (exact) mass is 563 g/mol. The molecule has 1 radical (unpaired) electrons. The van der Waals surface area contributed by atoms with Crippen molar-refractivity contribution >= 4 is 27.5 Å². The third kappa shape index (κ3) is 5.43. The molecular weight excluding hydrogens is 543 g/mol. The van der Waals surface area contributed by atoms with Gasteiger partial charge in [0.05, 0.1) is 16.3 Å². The number of nitrogen functional groups attached to an aromatic ring is 1. The quantitative estimate of drug-likeness (QED) is 0.149. The Morgan fingerprint density at radius 3 is 2.71 bits per heavy atom. The van der Waals surface area contributed by atoms with Gasteiger partial charge in [-0.3, -0.25) is 4.40 Å². The van der Waals surface area contributed by atoms with E-state index in [2.05, 4.69) is 31.1 Å². The maximum absolute atomic E-state index is 12.3. The first kappa shape index (κ1) is 25.0. The molecule has 3 heterocycles. The summed E-state index contributed by atoms with van der Waals surface area (Å²) < 4.78 is 34.5. The number of nitrogens with zero attached hydrogens (tertiary/aromatic N) is 4. The molecule has 10 nitrogen and oxygen atoms in total. The van der Waals surface area contributed by atoms with E-state index in [0.29, 0.717) is 41.1 Å². The van der Waals surface area contributed by atoms with Crippen LogP contribution in [0.3, 0.4) is 0 Å². The van der Waals surface area contributed by atoms with Gasteiger partial charge in [0.1, 0.15) is 12.0 Å². The van der Waals surface area contributed by atoms with E-state index in [-0.39, 0.29) is 44.1 Å². The number of aromatic nitrogens is 4. The molecule has 0 saturated heterocycles. The van der Waals surface area contributed by atoms with Crippen LogP contribution in [0, 0.1) is 6.07 Å². The van der Waals surface area contributed by atoms with Gasteiger partial charge in [0.2, 0.25) is 16.0 Å². The van der Waals surface area contributed by atoms with Gasteiger partial charge in [-0.1, -0.05) is 23.9 Å². The van der Waals surface area contributed by atoms with Crippen molar-refractivity contribution in [2.45, 2.75) is 4.90 Å². The van der Waals surface area contributed by atoms with Crippen LogP contribution in [0.2, 0.25) is 0 Å². The van der Waals surface area contributed by atoms with E-state index in [1.165, 1.54) is 0 Å².